The van der Waals surface area contributed by atoms with Crippen LogP contribution in [-0.2, 0) is 10.0 Å². The zero-order chi connectivity index (χ0) is 18.2. The van der Waals surface area contributed by atoms with E-state index in [0.29, 0.717) is 10.9 Å². The molecule has 2 aromatic carbocycles. The summed E-state index contributed by atoms with van der Waals surface area (Å²) in [7, 11) is -3.90. The average Bonchev–Trinajstić information content (AvgIpc) is 2.94. The van der Waals surface area contributed by atoms with Gasteiger partial charge >= 0.3 is 0 Å². The van der Waals surface area contributed by atoms with E-state index in [1.54, 1.807) is 42.5 Å². The van der Waals surface area contributed by atoms with Crippen molar-refractivity contribution in [3.63, 3.8) is 0 Å². The van der Waals surface area contributed by atoms with Gasteiger partial charge in [0.15, 0.2) is 0 Å². The van der Waals surface area contributed by atoms with Crippen LogP contribution in [0.15, 0.2) is 65.6 Å². The van der Waals surface area contributed by atoms with Crippen LogP contribution in [-0.4, -0.2) is 23.8 Å². The molecule has 25 heavy (non-hydrogen) atoms. The maximum absolute atomic E-state index is 13.2. The highest BCUT2D eigenvalue weighted by Crippen LogP contribution is 2.26. The Bertz CT molecular complexity index is 1030. The quantitative estimate of drug-likeness (QED) is 0.782. The van der Waals surface area contributed by atoms with Crippen molar-refractivity contribution in [3.8, 4) is 0 Å². The smallest absolute Gasteiger partial charge is 0.269 e. The number of carbonyl (C=O) groups excluding carboxylic acids is 1. The number of aromatic nitrogens is 1. The topological polar surface area (TPSA) is 68.2 Å². The van der Waals surface area contributed by atoms with Gasteiger partial charge in [-0.05, 0) is 45.0 Å². The minimum Gasteiger partial charge on any atom is -0.346 e. The summed E-state index contributed by atoms with van der Waals surface area (Å²) in [6.07, 6.45) is 0. The molecule has 130 valence electrons. The van der Waals surface area contributed by atoms with Crippen molar-refractivity contribution in [1.82, 2.24) is 9.29 Å². The molecule has 0 spiro atoms. The highest BCUT2D eigenvalue weighted by Gasteiger charge is 2.27. The van der Waals surface area contributed by atoms with E-state index in [1.807, 2.05) is 26.8 Å². The van der Waals surface area contributed by atoms with Gasteiger partial charge in [0.05, 0.1) is 10.4 Å². The van der Waals surface area contributed by atoms with E-state index in [-0.39, 0.29) is 10.6 Å². The minimum absolute atomic E-state index is 0.0972. The van der Waals surface area contributed by atoms with Gasteiger partial charge in [-0.15, -0.1) is 0 Å². The Balaban J connectivity index is 2.26. The molecule has 0 fully saturated rings. The van der Waals surface area contributed by atoms with E-state index in [0.717, 1.165) is 3.97 Å². The van der Waals surface area contributed by atoms with Crippen LogP contribution in [0.25, 0.3) is 10.9 Å². The molecule has 1 amide bonds. The van der Waals surface area contributed by atoms with E-state index in [2.05, 4.69) is 5.32 Å². The van der Waals surface area contributed by atoms with Gasteiger partial charge < -0.3 is 5.32 Å². The first-order chi connectivity index (χ1) is 11.7. The molecule has 1 aromatic heterocycles. The summed E-state index contributed by atoms with van der Waals surface area (Å²) in [5.74, 6) is -0.428. The van der Waals surface area contributed by atoms with Crippen LogP contribution in [0.3, 0.4) is 0 Å². The normalized spacial score (nSPS) is 12.3. The van der Waals surface area contributed by atoms with Crippen LogP contribution in [0.1, 0.15) is 31.3 Å². The molecule has 1 heterocycles. The third-order valence-corrected chi connectivity index (χ3v) is 5.41. The molecular weight excluding hydrogens is 336 g/mol. The van der Waals surface area contributed by atoms with E-state index in [4.69, 9.17) is 0 Å². The van der Waals surface area contributed by atoms with Crippen molar-refractivity contribution in [1.29, 1.82) is 0 Å². The molecule has 0 saturated carbocycles. The number of hydrogen-bond donors (Lipinski definition) is 1. The molecule has 0 saturated heterocycles. The van der Waals surface area contributed by atoms with Gasteiger partial charge in [-0.3, -0.25) is 4.79 Å². The molecule has 6 heteroatoms. The summed E-state index contributed by atoms with van der Waals surface area (Å²) >= 11 is 0. The third-order valence-electron chi connectivity index (χ3n) is 3.67. The lowest BCUT2D eigenvalue weighted by molar-refractivity contribution is 0.0913. The van der Waals surface area contributed by atoms with Crippen LogP contribution < -0.4 is 5.32 Å². The van der Waals surface area contributed by atoms with Crippen LogP contribution in [0, 0.1) is 0 Å². The maximum Gasteiger partial charge on any atom is 0.269 e. The Labute approximate surface area is 147 Å². The molecule has 0 aliphatic heterocycles. The Morgan fingerprint density at radius 2 is 1.56 bits per heavy atom. The molecule has 0 unspecified atom stereocenters. The molecule has 1 N–H and O–H groups in total. The fourth-order valence-corrected chi connectivity index (χ4v) is 4.18. The SMILES string of the molecule is CC(C)(C)NC(=O)c1cc2ccccc2n1S(=O)(=O)c1ccccc1. The number of para-hydroxylation sites is 1. The predicted octanol–water partition coefficient (Wildman–Crippen LogP) is 3.41. The lowest BCUT2D eigenvalue weighted by Gasteiger charge is -2.21. The van der Waals surface area contributed by atoms with Crippen LogP contribution >= 0.6 is 0 Å². The summed E-state index contributed by atoms with van der Waals surface area (Å²) < 4.78 is 27.5. The van der Waals surface area contributed by atoms with Gasteiger partial charge in [-0.1, -0.05) is 36.4 Å². The number of carbonyl (C=O) groups is 1. The third kappa shape index (κ3) is 3.30. The van der Waals surface area contributed by atoms with Crippen LogP contribution in [0.4, 0.5) is 0 Å². The van der Waals surface area contributed by atoms with Crippen molar-refractivity contribution in [2.24, 2.45) is 0 Å². The first kappa shape index (κ1) is 17.2. The van der Waals surface area contributed by atoms with Gasteiger partial charge in [0.2, 0.25) is 0 Å². The molecule has 0 aliphatic rings. The summed E-state index contributed by atoms with van der Waals surface area (Å²) in [4.78, 5) is 12.9. The second kappa shape index (κ2) is 6.04. The molecule has 3 rings (SSSR count). The van der Waals surface area contributed by atoms with Gasteiger partial charge in [-0.25, -0.2) is 12.4 Å². The molecular formula is C19H20N2O3S. The van der Waals surface area contributed by atoms with Crippen molar-refractivity contribution in [2.45, 2.75) is 31.2 Å². The maximum atomic E-state index is 13.2. The number of amides is 1. The first-order valence-corrected chi connectivity index (χ1v) is 9.38. The number of hydrogen-bond acceptors (Lipinski definition) is 3. The fourth-order valence-electron chi connectivity index (χ4n) is 2.65. The summed E-state index contributed by atoms with van der Waals surface area (Å²) in [6, 6.07) is 16.8. The number of benzene rings is 2. The second-order valence-electron chi connectivity index (χ2n) is 6.88. The lowest BCUT2D eigenvalue weighted by atomic mass is 10.1. The Morgan fingerprint density at radius 1 is 0.960 bits per heavy atom. The number of nitrogens with one attached hydrogen (secondary N) is 1. The standard InChI is InChI=1S/C19H20N2O3S/c1-19(2,3)20-18(22)17-13-14-9-7-8-12-16(14)21(17)25(23,24)15-10-5-4-6-11-15/h4-13H,1-3H3,(H,20,22). The Morgan fingerprint density at radius 3 is 2.20 bits per heavy atom. The van der Waals surface area contributed by atoms with Gasteiger partial charge in [-0.2, -0.15) is 0 Å². The molecule has 5 nitrogen and oxygen atoms in total. The Kier molecular flexibility index (Phi) is 4.16. The van der Waals surface area contributed by atoms with Gasteiger partial charge in [0, 0.05) is 10.9 Å². The average molecular weight is 356 g/mol. The molecule has 0 radical (unpaired) electrons. The van der Waals surface area contributed by atoms with E-state index < -0.39 is 21.5 Å². The van der Waals surface area contributed by atoms with Crippen molar-refractivity contribution < 1.29 is 13.2 Å². The van der Waals surface area contributed by atoms with E-state index in [1.165, 1.54) is 12.1 Å². The lowest BCUT2D eigenvalue weighted by Crippen LogP contribution is -2.41. The summed E-state index contributed by atoms with van der Waals surface area (Å²) in [6.45, 7) is 5.55. The highest BCUT2D eigenvalue weighted by atomic mass is 32.2. The first-order valence-electron chi connectivity index (χ1n) is 7.94. The number of nitrogens with zero attached hydrogens (tertiary/aromatic N) is 1. The number of fused-ring (bicyclic) bond motifs is 1. The monoisotopic (exact) mass is 356 g/mol. The number of rotatable bonds is 3. The van der Waals surface area contributed by atoms with Crippen molar-refractivity contribution in [3.05, 3.63) is 66.4 Å². The molecule has 0 aliphatic carbocycles. The fraction of sp³-hybridized carbons (Fsp3) is 0.211. The highest BCUT2D eigenvalue weighted by molar-refractivity contribution is 7.90. The van der Waals surface area contributed by atoms with Crippen molar-refractivity contribution >= 4 is 26.8 Å². The largest absolute Gasteiger partial charge is 0.346 e. The Hall–Kier alpha value is -2.60. The minimum atomic E-state index is -3.90. The zero-order valence-electron chi connectivity index (χ0n) is 14.4. The van der Waals surface area contributed by atoms with Gasteiger partial charge in [0.1, 0.15) is 5.69 Å². The van der Waals surface area contributed by atoms with E-state index in [9.17, 15) is 13.2 Å². The van der Waals surface area contributed by atoms with Crippen molar-refractivity contribution in [2.75, 3.05) is 0 Å². The van der Waals surface area contributed by atoms with Crippen LogP contribution in [0.5, 0.6) is 0 Å². The van der Waals surface area contributed by atoms with E-state index >= 15 is 0 Å². The second-order valence-corrected chi connectivity index (χ2v) is 8.66. The zero-order valence-corrected chi connectivity index (χ0v) is 15.2. The molecule has 0 bridgehead atoms. The molecule has 0 atom stereocenters. The molecule has 3 aromatic rings. The summed E-state index contributed by atoms with van der Waals surface area (Å²) in [5.41, 5.74) is 0.0971. The van der Waals surface area contributed by atoms with Gasteiger partial charge in [0.25, 0.3) is 15.9 Å². The summed E-state index contributed by atoms with van der Waals surface area (Å²) in [5, 5.41) is 3.53. The predicted molar refractivity (Wildman–Crippen MR) is 98.2 cm³/mol. The van der Waals surface area contributed by atoms with Crippen LogP contribution in [0.2, 0.25) is 0 Å².